The molecule has 1 aromatic heterocycles. The van der Waals surface area contributed by atoms with Gasteiger partial charge in [0.2, 0.25) is 0 Å². The van der Waals surface area contributed by atoms with Crippen LogP contribution in [0.25, 0.3) is 0 Å². The number of hydrogen-bond donors (Lipinski definition) is 2. The Morgan fingerprint density at radius 2 is 2.36 bits per heavy atom. The summed E-state index contributed by atoms with van der Waals surface area (Å²) in [5, 5.41) is 8.94. The van der Waals surface area contributed by atoms with Gasteiger partial charge >= 0.3 is 5.97 Å². The zero-order chi connectivity index (χ0) is 10.3. The summed E-state index contributed by atoms with van der Waals surface area (Å²) in [6, 6.07) is 0. The summed E-state index contributed by atoms with van der Waals surface area (Å²) in [7, 11) is 0. The number of carbonyl (C=O) groups is 1. The predicted octanol–water partition coefficient (Wildman–Crippen LogP) is 1.94. The van der Waals surface area contributed by atoms with E-state index in [1.807, 2.05) is 6.20 Å². The minimum atomic E-state index is -0.744. The summed E-state index contributed by atoms with van der Waals surface area (Å²) in [5.74, 6) is -0.483. The van der Waals surface area contributed by atoms with Crippen molar-refractivity contribution in [1.82, 2.24) is 4.98 Å². The van der Waals surface area contributed by atoms with Crippen LogP contribution in [0, 0.1) is 5.92 Å². The second-order valence-electron chi connectivity index (χ2n) is 4.27. The van der Waals surface area contributed by atoms with Gasteiger partial charge in [0.15, 0.2) is 0 Å². The van der Waals surface area contributed by atoms with E-state index in [1.54, 1.807) is 6.92 Å². The van der Waals surface area contributed by atoms with Crippen LogP contribution in [-0.2, 0) is 17.6 Å². The van der Waals surface area contributed by atoms with Crippen LogP contribution in [0.1, 0.15) is 36.6 Å². The summed E-state index contributed by atoms with van der Waals surface area (Å²) in [5.41, 5.74) is 3.45. The standard InChI is InChI=1S/C11H15NO2/c1-6-3-8-9(7(2)11(13)14)5-12-10(8)4-6/h5-7,12H,3-4H2,1-2H3,(H,13,14). The maximum atomic E-state index is 10.9. The smallest absolute Gasteiger partial charge is 0.310 e. The van der Waals surface area contributed by atoms with Gasteiger partial charge in [-0.15, -0.1) is 0 Å². The van der Waals surface area contributed by atoms with Crippen LogP contribution in [0.3, 0.4) is 0 Å². The van der Waals surface area contributed by atoms with E-state index in [0.717, 1.165) is 18.4 Å². The molecule has 2 N–H and O–H groups in total. The van der Waals surface area contributed by atoms with E-state index in [1.165, 1.54) is 11.3 Å². The van der Waals surface area contributed by atoms with Crippen molar-refractivity contribution in [3.8, 4) is 0 Å². The van der Waals surface area contributed by atoms with Crippen molar-refractivity contribution in [1.29, 1.82) is 0 Å². The van der Waals surface area contributed by atoms with Gasteiger partial charge in [-0.2, -0.15) is 0 Å². The third-order valence-corrected chi connectivity index (χ3v) is 3.06. The minimum absolute atomic E-state index is 0.389. The van der Waals surface area contributed by atoms with Crippen molar-refractivity contribution in [3.63, 3.8) is 0 Å². The van der Waals surface area contributed by atoms with Crippen molar-refractivity contribution < 1.29 is 9.90 Å². The fraction of sp³-hybridized carbons (Fsp3) is 0.545. The Kier molecular flexibility index (Phi) is 2.10. The van der Waals surface area contributed by atoms with Gasteiger partial charge in [0.25, 0.3) is 0 Å². The number of nitrogens with one attached hydrogen (secondary N) is 1. The molecule has 0 bridgehead atoms. The van der Waals surface area contributed by atoms with Gasteiger partial charge < -0.3 is 10.1 Å². The molecule has 1 aromatic rings. The monoisotopic (exact) mass is 193 g/mol. The molecular formula is C11H15NO2. The topological polar surface area (TPSA) is 53.1 Å². The molecule has 14 heavy (non-hydrogen) atoms. The lowest BCUT2D eigenvalue weighted by atomic mass is 9.98. The van der Waals surface area contributed by atoms with Gasteiger partial charge in [-0.25, -0.2) is 0 Å². The first-order valence-corrected chi connectivity index (χ1v) is 5.01. The highest BCUT2D eigenvalue weighted by atomic mass is 16.4. The van der Waals surface area contributed by atoms with Crippen molar-refractivity contribution in [2.75, 3.05) is 0 Å². The molecule has 0 spiro atoms. The van der Waals surface area contributed by atoms with Crippen LogP contribution in [0.15, 0.2) is 6.20 Å². The number of carboxylic acid groups (broad SMARTS) is 1. The highest BCUT2D eigenvalue weighted by Gasteiger charge is 2.26. The summed E-state index contributed by atoms with van der Waals surface area (Å²) in [6.07, 6.45) is 3.93. The fourth-order valence-electron chi connectivity index (χ4n) is 2.22. The number of fused-ring (bicyclic) bond motifs is 1. The quantitative estimate of drug-likeness (QED) is 0.754. The SMILES string of the molecule is CC1Cc2[nH]cc(C(C)C(=O)O)c2C1. The normalized spacial score (nSPS) is 22.0. The molecule has 3 heteroatoms. The molecule has 2 atom stereocenters. The molecule has 3 nitrogen and oxygen atoms in total. The van der Waals surface area contributed by atoms with E-state index in [2.05, 4.69) is 11.9 Å². The van der Waals surface area contributed by atoms with Crippen LogP contribution in [0.4, 0.5) is 0 Å². The molecule has 76 valence electrons. The Balaban J connectivity index is 2.33. The average molecular weight is 193 g/mol. The molecule has 1 aliphatic carbocycles. The highest BCUT2D eigenvalue weighted by molar-refractivity contribution is 5.76. The van der Waals surface area contributed by atoms with Gasteiger partial charge in [0.05, 0.1) is 5.92 Å². The zero-order valence-electron chi connectivity index (χ0n) is 8.50. The number of carboxylic acids is 1. The van der Waals surface area contributed by atoms with Crippen LogP contribution < -0.4 is 0 Å². The third-order valence-electron chi connectivity index (χ3n) is 3.06. The first kappa shape index (κ1) is 9.31. The molecule has 0 saturated carbocycles. The summed E-state index contributed by atoms with van der Waals surface area (Å²) in [4.78, 5) is 14.1. The van der Waals surface area contributed by atoms with E-state index < -0.39 is 5.97 Å². The number of aromatic amines is 1. The van der Waals surface area contributed by atoms with Gasteiger partial charge in [0.1, 0.15) is 0 Å². The first-order chi connectivity index (χ1) is 6.59. The van der Waals surface area contributed by atoms with Crippen LogP contribution >= 0.6 is 0 Å². The summed E-state index contributed by atoms with van der Waals surface area (Å²) < 4.78 is 0. The Bertz CT molecular complexity index is 367. The van der Waals surface area contributed by atoms with Crippen molar-refractivity contribution >= 4 is 5.97 Å². The molecular weight excluding hydrogens is 178 g/mol. The molecule has 0 aliphatic heterocycles. The van der Waals surface area contributed by atoms with E-state index in [0.29, 0.717) is 5.92 Å². The van der Waals surface area contributed by atoms with Gasteiger partial charge in [-0.1, -0.05) is 6.92 Å². The zero-order valence-corrected chi connectivity index (χ0v) is 8.50. The summed E-state index contributed by atoms with van der Waals surface area (Å²) in [6.45, 7) is 3.94. The number of aliphatic carboxylic acids is 1. The van der Waals surface area contributed by atoms with Crippen LogP contribution in [-0.4, -0.2) is 16.1 Å². The molecule has 2 unspecified atom stereocenters. The molecule has 0 radical (unpaired) electrons. The molecule has 0 saturated heterocycles. The molecule has 0 amide bonds. The first-order valence-electron chi connectivity index (χ1n) is 5.01. The highest BCUT2D eigenvalue weighted by Crippen LogP contribution is 2.32. The van der Waals surface area contributed by atoms with E-state index >= 15 is 0 Å². The Morgan fingerprint density at radius 3 is 3.00 bits per heavy atom. The largest absolute Gasteiger partial charge is 0.481 e. The Labute approximate surface area is 83.1 Å². The number of aromatic nitrogens is 1. The Hall–Kier alpha value is -1.25. The molecule has 0 fully saturated rings. The van der Waals surface area contributed by atoms with Gasteiger partial charge in [-0.05, 0) is 36.8 Å². The molecule has 1 aliphatic rings. The van der Waals surface area contributed by atoms with Gasteiger partial charge in [-0.3, -0.25) is 4.79 Å². The van der Waals surface area contributed by atoms with Crippen molar-refractivity contribution in [2.45, 2.75) is 32.6 Å². The van der Waals surface area contributed by atoms with E-state index in [4.69, 9.17) is 5.11 Å². The van der Waals surface area contributed by atoms with Crippen LogP contribution in [0.5, 0.6) is 0 Å². The van der Waals surface area contributed by atoms with E-state index in [9.17, 15) is 4.79 Å². The second kappa shape index (κ2) is 3.15. The minimum Gasteiger partial charge on any atom is -0.481 e. The maximum Gasteiger partial charge on any atom is 0.310 e. The summed E-state index contributed by atoms with van der Waals surface area (Å²) >= 11 is 0. The Morgan fingerprint density at radius 1 is 1.64 bits per heavy atom. The average Bonchev–Trinajstić information content (AvgIpc) is 2.61. The number of rotatable bonds is 2. The third kappa shape index (κ3) is 1.33. The maximum absolute atomic E-state index is 10.9. The lowest BCUT2D eigenvalue weighted by Gasteiger charge is -2.06. The van der Waals surface area contributed by atoms with Crippen LogP contribution in [0.2, 0.25) is 0 Å². The molecule has 1 heterocycles. The molecule has 0 aromatic carbocycles. The van der Waals surface area contributed by atoms with E-state index in [-0.39, 0.29) is 5.92 Å². The predicted molar refractivity (Wildman–Crippen MR) is 53.4 cm³/mol. The van der Waals surface area contributed by atoms with Gasteiger partial charge in [0, 0.05) is 11.9 Å². The fourth-order valence-corrected chi connectivity index (χ4v) is 2.22. The lowest BCUT2D eigenvalue weighted by molar-refractivity contribution is -0.138. The van der Waals surface area contributed by atoms with Crippen molar-refractivity contribution in [2.24, 2.45) is 5.92 Å². The number of hydrogen-bond acceptors (Lipinski definition) is 1. The second-order valence-corrected chi connectivity index (χ2v) is 4.27. The lowest BCUT2D eigenvalue weighted by Crippen LogP contribution is -2.08. The molecule has 2 rings (SSSR count). The number of H-pyrrole nitrogens is 1. The van der Waals surface area contributed by atoms with Crippen molar-refractivity contribution in [3.05, 3.63) is 23.0 Å².